The van der Waals surface area contributed by atoms with Gasteiger partial charge in [0.05, 0.1) is 10.0 Å². The zero-order valence-corrected chi connectivity index (χ0v) is 18.9. The molecule has 31 heavy (non-hydrogen) atoms. The minimum Gasteiger partial charge on any atom is -0.486 e. The zero-order valence-electron chi connectivity index (χ0n) is 15.8. The molecule has 3 aromatic carbocycles. The number of anilines is 1. The molecule has 0 saturated heterocycles. The third-order valence-corrected chi connectivity index (χ3v) is 5.12. The first-order valence-electron chi connectivity index (χ1n) is 8.90. The smallest absolute Gasteiger partial charge is 0.266 e. The Kier molecular flexibility index (Phi) is 7.84. The van der Waals surface area contributed by atoms with E-state index >= 15 is 0 Å². The van der Waals surface area contributed by atoms with Crippen molar-refractivity contribution in [1.82, 2.24) is 0 Å². The Morgan fingerprint density at radius 3 is 2.26 bits per heavy atom. The number of carbonyl (C=O) groups excluding carboxylic acids is 1. The van der Waals surface area contributed by atoms with Crippen LogP contribution in [0.2, 0.25) is 20.1 Å². The lowest BCUT2D eigenvalue weighted by molar-refractivity contribution is -0.112. The molecule has 0 unspecified atom stereocenters. The summed E-state index contributed by atoms with van der Waals surface area (Å²) in [4.78, 5) is 12.4. The number of nitrogens with one attached hydrogen (secondary N) is 1. The van der Waals surface area contributed by atoms with E-state index in [2.05, 4.69) is 5.32 Å². The number of ether oxygens (including phenoxy) is 1. The highest BCUT2D eigenvalue weighted by atomic mass is 35.5. The lowest BCUT2D eigenvalue weighted by Gasteiger charge is -2.11. The van der Waals surface area contributed by atoms with Crippen molar-refractivity contribution in [1.29, 1.82) is 5.26 Å². The van der Waals surface area contributed by atoms with Crippen LogP contribution in [0.5, 0.6) is 5.75 Å². The monoisotopic (exact) mass is 490 g/mol. The molecule has 0 aliphatic rings. The molecule has 0 saturated carbocycles. The first-order chi connectivity index (χ1) is 14.9. The van der Waals surface area contributed by atoms with Gasteiger partial charge in [-0.25, -0.2) is 0 Å². The van der Waals surface area contributed by atoms with E-state index in [0.717, 1.165) is 5.56 Å². The van der Waals surface area contributed by atoms with Gasteiger partial charge in [0.1, 0.15) is 18.2 Å². The molecule has 156 valence electrons. The normalized spacial score (nSPS) is 11.0. The van der Waals surface area contributed by atoms with Gasteiger partial charge in [0.15, 0.2) is 5.75 Å². The van der Waals surface area contributed by atoms with Crippen LogP contribution in [0.15, 0.2) is 66.2 Å². The van der Waals surface area contributed by atoms with Crippen LogP contribution in [0, 0.1) is 11.3 Å². The Hall–Kier alpha value is -2.68. The van der Waals surface area contributed by atoms with E-state index in [1.165, 1.54) is 6.08 Å². The van der Waals surface area contributed by atoms with Gasteiger partial charge in [-0.2, -0.15) is 5.26 Å². The van der Waals surface area contributed by atoms with Crippen LogP contribution in [0.4, 0.5) is 5.69 Å². The Bertz CT molecular complexity index is 1160. The number of nitriles is 1. The fourth-order valence-corrected chi connectivity index (χ4v) is 3.55. The number of benzene rings is 3. The Morgan fingerprint density at radius 2 is 1.65 bits per heavy atom. The maximum atomic E-state index is 12.4. The summed E-state index contributed by atoms with van der Waals surface area (Å²) in [5.74, 6) is -0.280. The molecule has 3 aromatic rings. The van der Waals surface area contributed by atoms with E-state index in [-0.39, 0.29) is 22.2 Å². The summed E-state index contributed by atoms with van der Waals surface area (Å²) in [6, 6.07) is 18.8. The van der Waals surface area contributed by atoms with Crippen molar-refractivity contribution in [2.75, 3.05) is 5.32 Å². The third kappa shape index (κ3) is 6.40. The predicted octanol–water partition coefficient (Wildman–Crippen LogP) is 7.42. The number of amides is 1. The summed E-state index contributed by atoms with van der Waals surface area (Å²) in [5, 5.41) is 13.6. The van der Waals surface area contributed by atoms with Crippen molar-refractivity contribution in [3.8, 4) is 11.8 Å². The van der Waals surface area contributed by atoms with E-state index < -0.39 is 5.91 Å². The van der Waals surface area contributed by atoms with Gasteiger partial charge >= 0.3 is 0 Å². The molecule has 0 aromatic heterocycles. The van der Waals surface area contributed by atoms with Gasteiger partial charge in [-0.3, -0.25) is 4.79 Å². The van der Waals surface area contributed by atoms with Crippen LogP contribution in [0.25, 0.3) is 6.08 Å². The largest absolute Gasteiger partial charge is 0.486 e. The molecule has 0 bridgehead atoms. The van der Waals surface area contributed by atoms with Crippen LogP contribution < -0.4 is 10.1 Å². The van der Waals surface area contributed by atoms with E-state index in [0.29, 0.717) is 27.0 Å². The molecule has 3 rings (SSSR count). The molecule has 0 fully saturated rings. The number of nitrogens with zero attached hydrogens (tertiary/aromatic N) is 1. The summed E-state index contributed by atoms with van der Waals surface area (Å²) in [6.45, 7) is 0.247. The topological polar surface area (TPSA) is 62.1 Å². The third-order valence-electron chi connectivity index (χ3n) is 4.08. The lowest BCUT2D eigenvalue weighted by atomic mass is 10.1. The van der Waals surface area contributed by atoms with Crippen molar-refractivity contribution >= 4 is 64.1 Å². The number of rotatable bonds is 6. The molecule has 1 N–H and O–H groups in total. The zero-order chi connectivity index (χ0) is 22.4. The minimum atomic E-state index is -0.583. The van der Waals surface area contributed by atoms with Crippen LogP contribution in [0.1, 0.15) is 11.1 Å². The second kappa shape index (κ2) is 10.6. The molecule has 0 atom stereocenters. The van der Waals surface area contributed by atoms with Crippen LogP contribution in [-0.4, -0.2) is 5.91 Å². The van der Waals surface area contributed by atoms with Crippen molar-refractivity contribution < 1.29 is 9.53 Å². The Morgan fingerprint density at radius 1 is 0.968 bits per heavy atom. The fraction of sp³-hybridized carbons (Fsp3) is 0.0435. The van der Waals surface area contributed by atoms with Gasteiger partial charge in [0.2, 0.25) is 0 Å². The van der Waals surface area contributed by atoms with Gasteiger partial charge in [0, 0.05) is 15.7 Å². The van der Waals surface area contributed by atoms with E-state index in [1.807, 2.05) is 18.2 Å². The number of hydrogen-bond donors (Lipinski definition) is 1. The SMILES string of the molecule is N#C/C(=C\c1cc(Cl)c(OCc2ccc(Cl)cc2)c(Cl)c1)C(=O)Nc1cccc(Cl)c1. The standard InChI is InChI=1S/C23H14Cl4N2O2/c24-17-6-4-14(5-7-17)13-31-22-20(26)9-15(10-21(22)27)8-16(12-28)23(30)29-19-3-1-2-18(25)11-19/h1-11H,13H2,(H,29,30)/b16-8+. The van der Waals surface area contributed by atoms with Gasteiger partial charge in [-0.1, -0.05) is 64.6 Å². The number of hydrogen-bond acceptors (Lipinski definition) is 3. The number of halogens is 4. The molecule has 1 amide bonds. The molecule has 4 nitrogen and oxygen atoms in total. The second-order valence-electron chi connectivity index (χ2n) is 6.36. The van der Waals surface area contributed by atoms with Gasteiger partial charge in [-0.05, 0) is 59.7 Å². The van der Waals surface area contributed by atoms with Crippen molar-refractivity contribution in [2.45, 2.75) is 6.61 Å². The molecular weight excluding hydrogens is 478 g/mol. The average molecular weight is 492 g/mol. The van der Waals surface area contributed by atoms with Gasteiger partial charge in [-0.15, -0.1) is 0 Å². The van der Waals surface area contributed by atoms with Crippen molar-refractivity contribution in [2.24, 2.45) is 0 Å². The van der Waals surface area contributed by atoms with Crippen molar-refractivity contribution in [3.63, 3.8) is 0 Å². The molecule has 0 aliphatic heterocycles. The predicted molar refractivity (Wildman–Crippen MR) is 126 cm³/mol. The Balaban J connectivity index is 1.76. The molecule has 0 spiro atoms. The first kappa shape index (κ1) is 23.0. The molecule has 0 heterocycles. The van der Waals surface area contributed by atoms with E-state index in [9.17, 15) is 10.1 Å². The highest BCUT2D eigenvalue weighted by molar-refractivity contribution is 6.37. The van der Waals surface area contributed by atoms with Crippen LogP contribution >= 0.6 is 46.4 Å². The second-order valence-corrected chi connectivity index (χ2v) is 8.05. The summed E-state index contributed by atoms with van der Waals surface area (Å²) in [6.07, 6.45) is 1.39. The highest BCUT2D eigenvalue weighted by Crippen LogP contribution is 2.35. The van der Waals surface area contributed by atoms with Crippen LogP contribution in [-0.2, 0) is 11.4 Å². The molecule has 0 aliphatic carbocycles. The van der Waals surface area contributed by atoms with E-state index in [4.69, 9.17) is 51.1 Å². The average Bonchev–Trinajstić information content (AvgIpc) is 2.72. The van der Waals surface area contributed by atoms with Gasteiger partial charge < -0.3 is 10.1 Å². The summed E-state index contributed by atoms with van der Waals surface area (Å²) in [5.41, 5.74) is 1.72. The first-order valence-corrected chi connectivity index (χ1v) is 10.4. The lowest BCUT2D eigenvalue weighted by Crippen LogP contribution is -2.13. The quantitative estimate of drug-likeness (QED) is 0.288. The summed E-state index contributed by atoms with van der Waals surface area (Å²) < 4.78 is 5.73. The summed E-state index contributed by atoms with van der Waals surface area (Å²) in [7, 11) is 0. The van der Waals surface area contributed by atoms with Gasteiger partial charge in [0.25, 0.3) is 5.91 Å². The van der Waals surface area contributed by atoms with Crippen molar-refractivity contribution in [3.05, 3.63) is 97.5 Å². The number of carbonyl (C=O) groups is 1. The maximum absolute atomic E-state index is 12.4. The highest BCUT2D eigenvalue weighted by Gasteiger charge is 2.13. The fourth-order valence-electron chi connectivity index (χ4n) is 2.62. The molecule has 0 radical (unpaired) electrons. The van der Waals surface area contributed by atoms with E-state index in [1.54, 1.807) is 48.5 Å². The Labute approximate surface area is 199 Å². The van der Waals surface area contributed by atoms with Crippen LogP contribution in [0.3, 0.4) is 0 Å². The summed E-state index contributed by atoms with van der Waals surface area (Å²) >= 11 is 24.4. The molecule has 8 heteroatoms. The minimum absolute atomic E-state index is 0.123. The molecular formula is C23H14Cl4N2O2. The maximum Gasteiger partial charge on any atom is 0.266 e.